The van der Waals surface area contributed by atoms with Crippen LogP contribution in [0.2, 0.25) is 0 Å². The van der Waals surface area contributed by atoms with Crippen molar-refractivity contribution < 1.29 is 9.53 Å². The largest absolute Gasteiger partial charge is 0.494 e. The molecule has 3 N–H and O–H groups in total. The van der Waals surface area contributed by atoms with Crippen LogP contribution in [0.4, 0.5) is 11.4 Å². The van der Waals surface area contributed by atoms with E-state index in [1.165, 1.54) is 19.2 Å². The number of methoxy groups -OCH3 is 1. The number of imidazole rings is 1. The average Bonchev–Trinajstić information content (AvgIpc) is 3.42. The number of nitrogens with two attached hydrogens (primary N) is 1. The number of anilines is 2. The Hall–Kier alpha value is -4.44. The van der Waals surface area contributed by atoms with Crippen molar-refractivity contribution >= 4 is 39.2 Å². The first kappa shape index (κ1) is 25.3. The number of nitrogens with zero attached hydrogens (tertiary/aromatic N) is 6. The van der Waals surface area contributed by atoms with Gasteiger partial charge >= 0.3 is 0 Å². The molecule has 3 aliphatic rings. The predicted octanol–water partition coefficient (Wildman–Crippen LogP) is 4.71. The zero-order valence-electron chi connectivity index (χ0n) is 23.8. The zero-order chi connectivity index (χ0) is 28.5. The van der Waals surface area contributed by atoms with Gasteiger partial charge in [0.25, 0.3) is 5.91 Å². The monoisotopic (exact) mass is 562 g/mol. The standard InChI is InChI=1S/C32H34N8O2/c1-38-30-24(9-21(11-28(30)42-2)32(41)40-16-20-6-8-25(40)29(20)33)37-31(38)27-10-19-5-7-22(36-23-13-34-17-35-14-23)12-26(19)39(27)15-18-3-4-18/h5,7,9-14,17-18,20,25,29,36H,3-4,6,8,15-16,33H2,1-2H3. The molecule has 214 valence electrons. The van der Waals surface area contributed by atoms with Gasteiger partial charge in [-0.25, -0.2) is 15.0 Å². The quantitative estimate of drug-likeness (QED) is 0.295. The second-order valence-electron chi connectivity index (χ2n) is 12.1. The third kappa shape index (κ3) is 4.04. The molecule has 0 radical (unpaired) electrons. The van der Waals surface area contributed by atoms with Crippen LogP contribution in [0.15, 0.2) is 55.1 Å². The van der Waals surface area contributed by atoms with E-state index in [-0.39, 0.29) is 18.0 Å². The number of benzene rings is 2. The number of hydrogen-bond acceptors (Lipinski definition) is 7. The molecule has 4 heterocycles. The lowest BCUT2D eigenvalue weighted by Gasteiger charge is -2.27. The molecule has 42 heavy (non-hydrogen) atoms. The minimum atomic E-state index is 0.0109. The molecule has 2 bridgehead atoms. The molecule has 3 atom stereocenters. The second-order valence-corrected chi connectivity index (χ2v) is 12.1. The highest BCUT2D eigenvalue weighted by Crippen LogP contribution is 2.40. The van der Waals surface area contributed by atoms with Gasteiger partial charge in [0.2, 0.25) is 0 Å². The topological polar surface area (TPSA) is 116 Å². The number of aryl methyl sites for hydroxylation is 1. The Kier molecular flexibility index (Phi) is 5.75. The first-order valence-corrected chi connectivity index (χ1v) is 14.7. The number of rotatable bonds is 7. The van der Waals surface area contributed by atoms with E-state index in [4.69, 9.17) is 15.5 Å². The molecule has 2 saturated carbocycles. The van der Waals surface area contributed by atoms with Crippen LogP contribution in [-0.4, -0.2) is 60.6 Å². The molecule has 3 aromatic heterocycles. The molecule has 3 unspecified atom stereocenters. The molecule has 10 nitrogen and oxygen atoms in total. The van der Waals surface area contributed by atoms with Gasteiger partial charge in [-0.3, -0.25) is 4.79 Å². The molecule has 1 saturated heterocycles. The summed E-state index contributed by atoms with van der Waals surface area (Å²) in [4.78, 5) is 29.0. The van der Waals surface area contributed by atoms with Crippen LogP contribution in [0.25, 0.3) is 33.5 Å². The van der Waals surface area contributed by atoms with E-state index in [2.05, 4.69) is 48.7 Å². The summed E-state index contributed by atoms with van der Waals surface area (Å²) in [5.41, 5.74) is 12.6. The van der Waals surface area contributed by atoms with Crippen LogP contribution >= 0.6 is 0 Å². The Labute approximate surface area is 243 Å². The van der Waals surface area contributed by atoms with E-state index in [1.807, 2.05) is 24.1 Å². The Bertz CT molecular complexity index is 1840. The summed E-state index contributed by atoms with van der Waals surface area (Å²) in [6.07, 6.45) is 9.62. The number of nitrogens with one attached hydrogen (secondary N) is 1. The highest BCUT2D eigenvalue weighted by molar-refractivity contribution is 6.00. The van der Waals surface area contributed by atoms with Crippen molar-refractivity contribution in [1.29, 1.82) is 0 Å². The van der Waals surface area contributed by atoms with E-state index in [0.29, 0.717) is 23.1 Å². The van der Waals surface area contributed by atoms with E-state index in [1.54, 1.807) is 19.5 Å². The van der Waals surface area contributed by atoms with Crippen molar-refractivity contribution in [3.8, 4) is 17.3 Å². The Morgan fingerprint density at radius 1 is 1.07 bits per heavy atom. The lowest BCUT2D eigenvalue weighted by molar-refractivity contribution is 0.0700. The molecule has 2 aliphatic carbocycles. The summed E-state index contributed by atoms with van der Waals surface area (Å²) in [5.74, 6) is 2.56. The van der Waals surface area contributed by atoms with Gasteiger partial charge in [0.15, 0.2) is 5.82 Å². The molecule has 1 aliphatic heterocycles. The maximum atomic E-state index is 13.7. The molecular weight excluding hydrogens is 528 g/mol. The minimum absolute atomic E-state index is 0.0109. The molecule has 8 rings (SSSR count). The molecule has 3 fully saturated rings. The number of ether oxygens (including phenoxy) is 1. The van der Waals surface area contributed by atoms with Crippen molar-refractivity contribution in [1.82, 2.24) is 29.0 Å². The van der Waals surface area contributed by atoms with E-state index < -0.39 is 0 Å². The summed E-state index contributed by atoms with van der Waals surface area (Å²) in [6, 6.07) is 12.6. The first-order chi connectivity index (χ1) is 20.5. The van der Waals surface area contributed by atoms with E-state index in [0.717, 1.165) is 70.8 Å². The lowest BCUT2D eigenvalue weighted by atomic mass is 10.1. The lowest BCUT2D eigenvalue weighted by Crippen LogP contribution is -2.41. The molecular formula is C32H34N8O2. The second kappa shape index (κ2) is 9.55. The van der Waals surface area contributed by atoms with Crippen molar-refractivity contribution in [3.63, 3.8) is 0 Å². The summed E-state index contributed by atoms with van der Waals surface area (Å²) >= 11 is 0. The van der Waals surface area contributed by atoms with Gasteiger partial charge in [-0.1, -0.05) is 6.07 Å². The number of carbonyl (C=O) groups excluding carboxylic acids is 1. The van der Waals surface area contributed by atoms with Gasteiger partial charge in [0.1, 0.15) is 17.6 Å². The fraction of sp³-hybridized carbons (Fsp3) is 0.375. The molecule has 0 spiro atoms. The first-order valence-electron chi connectivity index (χ1n) is 14.7. The van der Waals surface area contributed by atoms with Crippen LogP contribution in [0.1, 0.15) is 36.0 Å². The zero-order valence-corrected chi connectivity index (χ0v) is 23.8. The van der Waals surface area contributed by atoms with E-state index in [9.17, 15) is 4.79 Å². The average molecular weight is 563 g/mol. The molecule has 5 aromatic rings. The summed E-state index contributed by atoms with van der Waals surface area (Å²) in [5, 5.41) is 4.57. The number of carbonyl (C=O) groups is 1. The highest BCUT2D eigenvalue weighted by Gasteiger charge is 2.47. The fourth-order valence-electron chi connectivity index (χ4n) is 7.07. The molecule has 1 amide bonds. The number of piperidine rings is 1. The van der Waals surface area contributed by atoms with Crippen molar-refractivity contribution in [3.05, 3.63) is 60.7 Å². The van der Waals surface area contributed by atoms with Gasteiger partial charge in [0, 0.05) is 48.9 Å². The van der Waals surface area contributed by atoms with Crippen LogP contribution in [-0.2, 0) is 13.6 Å². The van der Waals surface area contributed by atoms with Gasteiger partial charge in [-0.2, -0.15) is 0 Å². The van der Waals surface area contributed by atoms with Crippen LogP contribution in [0.5, 0.6) is 5.75 Å². The highest BCUT2D eigenvalue weighted by atomic mass is 16.5. The van der Waals surface area contributed by atoms with Crippen LogP contribution in [0.3, 0.4) is 0 Å². The fourth-order valence-corrected chi connectivity index (χ4v) is 7.07. The van der Waals surface area contributed by atoms with Crippen LogP contribution < -0.4 is 15.8 Å². The summed E-state index contributed by atoms with van der Waals surface area (Å²) in [6.45, 7) is 1.66. The normalized spacial score (nSPS) is 21.5. The number of fused-ring (bicyclic) bond motifs is 4. The third-order valence-electron chi connectivity index (χ3n) is 9.44. The predicted molar refractivity (Wildman–Crippen MR) is 162 cm³/mol. The van der Waals surface area contributed by atoms with Gasteiger partial charge < -0.3 is 29.8 Å². The van der Waals surface area contributed by atoms with Gasteiger partial charge in [0.05, 0.1) is 41.9 Å². The summed E-state index contributed by atoms with van der Waals surface area (Å²) in [7, 11) is 3.68. The van der Waals surface area contributed by atoms with Crippen molar-refractivity contribution in [2.75, 3.05) is 19.0 Å². The Morgan fingerprint density at radius 2 is 1.90 bits per heavy atom. The minimum Gasteiger partial charge on any atom is -0.494 e. The molecule has 10 heteroatoms. The number of likely N-dealkylation sites (tertiary alicyclic amines) is 1. The third-order valence-corrected chi connectivity index (χ3v) is 9.44. The number of aromatic nitrogens is 5. The van der Waals surface area contributed by atoms with Crippen molar-refractivity contribution in [2.24, 2.45) is 24.6 Å². The van der Waals surface area contributed by atoms with E-state index >= 15 is 0 Å². The summed E-state index contributed by atoms with van der Waals surface area (Å²) < 4.78 is 10.3. The number of hydrogen-bond donors (Lipinski definition) is 2. The van der Waals surface area contributed by atoms with Gasteiger partial charge in [-0.15, -0.1) is 0 Å². The molecule has 2 aromatic carbocycles. The number of amides is 1. The smallest absolute Gasteiger partial charge is 0.254 e. The Balaban J connectivity index is 1.21. The van der Waals surface area contributed by atoms with Crippen molar-refractivity contribution in [2.45, 2.75) is 44.3 Å². The van der Waals surface area contributed by atoms with Gasteiger partial charge in [-0.05, 0) is 67.9 Å². The van der Waals surface area contributed by atoms with Crippen LogP contribution in [0, 0.1) is 11.8 Å². The maximum Gasteiger partial charge on any atom is 0.254 e. The maximum absolute atomic E-state index is 13.7. The SMILES string of the molecule is COc1cc(C(=O)N2CC3CCC2C3N)cc2nc(-c3cc4ccc(Nc5cncnc5)cc4n3CC3CC3)n(C)c12. The Morgan fingerprint density at radius 3 is 2.62 bits per heavy atom.